The molecule has 0 aromatic heterocycles. The van der Waals surface area contributed by atoms with Crippen LogP contribution in [-0.2, 0) is 16.2 Å². The smallest absolute Gasteiger partial charge is 0.335 e. The zero-order chi connectivity index (χ0) is 26.5. The zero-order valence-corrected chi connectivity index (χ0v) is 19.6. The number of urea groups is 1. The van der Waals surface area contributed by atoms with Gasteiger partial charge in [0.2, 0.25) is 0 Å². The summed E-state index contributed by atoms with van der Waals surface area (Å²) >= 11 is 0. The third-order valence-electron chi connectivity index (χ3n) is 5.36. The molecule has 1 aliphatic rings. The van der Waals surface area contributed by atoms with Gasteiger partial charge < -0.3 is 14.6 Å². The molecule has 3 aromatic carbocycles. The van der Waals surface area contributed by atoms with E-state index in [1.807, 2.05) is 0 Å². The zero-order valence-electron chi connectivity index (χ0n) is 19.6. The first-order chi connectivity index (χ1) is 17.8. The molecule has 0 bridgehead atoms. The van der Waals surface area contributed by atoms with Gasteiger partial charge in [0.25, 0.3) is 11.8 Å². The van der Waals surface area contributed by atoms with Gasteiger partial charge in [0.05, 0.1) is 17.9 Å². The predicted octanol–water partition coefficient (Wildman–Crippen LogP) is 4.17. The number of anilines is 1. The number of amides is 4. The molecule has 1 heterocycles. The molecule has 37 heavy (non-hydrogen) atoms. The molecule has 0 aliphatic carbocycles. The molecule has 9 nitrogen and oxygen atoms in total. The van der Waals surface area contributed by atoms with Gasteiger partial charge in [-0.15, -0.1) is 0 Å². The Morgan fingerprint density at radius 2 is 1.68 bits per heavy atom. The summed E-state index contributed by atoms with van der Waals surface area (Å²) in [6.45, 7) is 2.27. The number of imide groups is 2. The summed E-state index contributed by atoms with van der Waals surface area (Å²) in [6.07, 6.45) is 1.31. The maximum Gasteiger partial charge on any atom is 0.335 e. The van der Waals surface area contributed by atoms with E-state index in [0.717, 1.165) is 10.5 Å². The molecular weight excluding hydrogens is 483 g/mol. The van der Waals surface area contributed by atoms with Crippen molar-refractivity contribution >= 4 is 35.6 Å². The predicted molar refractivity (Wildman–Crippen MR) is 131 cm³/mol. The van der Waals surface area contributed by atoms with Crippen molar-refractivity contribution in [2.75, 3.05) is 11.5 Å². The molecule has 4 amide bonds. The van der Waals surface area contributed by atoms with E-state index >= 15 is 0 Å². The number of carbonyl (C=O) groups excluding carboxylic acids is 3. The highest BCUT2D eigenvalue weighted by molar-refractivity contribution is 6.39. The Hall–Kier alpha value is -4.99. The topological polar surface area (TPSA) is 122 Å². The summed E-state index contributed by atoms with van der Waals surface area (Å²) in [5.41, 5.74) is 0.965. The monoisotopic (exact) mass is 504 g/mol. The number of carboxylic acids is 1. The van der Waals surface area contributed by atoms with Crippen molar-refractivity contribution in [3.05, 3.63) is 94.8 Å². The molecule has 0 saturated carbocycles. The van der Waals surface area contributed by atoms with Crippen LogP contribution in [0.3, 0.4) is 0 Å². The lowest BCUT2D eigenvalue weighted by Gasteiger charge is -2.26. The van der Waals surface area contributed by atoms with Crippen molar-refractivity contribution in [1.82, 2.24) is 5.32 Å². The quantitative estimate of drug-likeness (QED) is 0.349. The highest BCUT2D eigenvalue weighted by Crippen LogP contribution is 2.31. The molecule has 0 spiro atoms. The Balaban J connectivity index is 1.60. The number of hydrogen-bond donors (Lipinski definition) is 2. The minimum atomic E-state index is -1.16. The van der Waals surface area contributed by atoms with Crippen LogP contribution in [0.5, 0.6) is 11.5 Å². The van der Waals surface area contributed by atoms with Crippen LogP contribution in [0, 0.1) is 5.82 Å². The number of benzene rings is 3. The second kappa shape index (κ2) is 10.7. The van der Waals surface area contributed by atoms with E-state index in [-0.39, 0.29) is 29.2 Å². The van der Waals surface area contributed by atoms with Crippen molar-refractivity contribution < 1.29 is 38.1 Å². The first-order valence-electron chi connectivity index (χ1n) is 11.2. The minimum Gasteiger partial charge on any atom is -0.490 e. The van der Waals surface area contributed by atoms with E-state index in [1.54, 1.807) is 37.3 Å². The third kappa shape index (κ3) is 5.64. The number of rotatable bonds is 8. The number of nitrogens with one attached hydrogen (secondary N) is 1. The lowest BCUT2D eigenvalue weighted by atomic mass is 10.1. The second-order valence-corrected chi connectivity index (χ2v) is 7.86. The highest BCUT2D eigenvalue weighted by atomic mass is 19.1. The molecule has 4 rings (SSSR count). The molecule has 1 fully saturated rings. The molecule has 0 radical (unpaired) electrons. The fourth-order valence-electron chi connectivity index (χ4n) is 3.56. The summed E-state index contributed by atoms with van der Waals surface area (Å²) in [7, 11) is 0. The average Bonchev–Trinajstić information content (AvgIpc) is 2.87. The Morgan fingerprint density at radius 1 is 0.973 bits per heavy atom. The fourth-order valence-corrected chi connectivity index (χ4v) is 3.56. The van der Waals surface area contributed by atoms with Gasteiger partial charge in [0.15, 0.2) is 11.5 Å². The van der Waals surface area contributed by atoms with Gasteiger partial charge in [-0.3, -0.25) is 14.9 Å². The van der Waals surface area contributed by atoms with Gasteiger partial charge >= 0.3 is 12.0 Å². The van der Waals surface area contributed by atoms with Crippen LogP contribution in [0.25, 0.3) is 6.08 Å². The summed E-state index contributed by atoms with van der Waals surface area (Å²) in [5, 5.41) is 11.2. The van der Waals surface area contributed by atoms with E-state index < -0.39 is 23.8 Å². The van der Waals surface area contributed by atoms with Crippen LogP contribution >= 0.6 is 0 Å². The van der Waals surface area contributed by atoms with Crippen LogP contribution < -0.4 is 19.7 Å². The Bertz CT molecular complexity index is 1400. The van der Waals surface area contributed by atoms with Gasteiger partial charge in [-0.25, -0.2) is 18.9 Å². The lowest BCUT2D eigenvalue weighted by Crippen LogP contribution is -2.54. The number of barbiturate groups is 1. The fraction of sp³-hybridized carbons (Fsp3) is 0.111. The number of aromatic carboxylic acids is 1. The van der Waals surface area contributed by atoms with Crippen LogP contribution in [0.1, 0.15) is 28.4 Å². The van der Waals surface area contributed by atoms with Crippen molar-refractivity contribution in [2.45, 2.75) is 13.5 Å². The molecule has 3 aromatic rings. The lowest BCUT2D eigenvalue weighted by molar-refractivity contribution is -0.122. The van der Waals surface area contributed by atoms with E-state index in [2.05, 4.69) is 5.32 Å². The highest BCUT2D eigenvalue weighted by Gasteiger charge is 2.36. The molecule has 1 saturated heterocycles. The average molecular weight is 504 g/mol. The number of ether oxygens (including phenoxy) is 2. The van der Waals surface area contributed by atoms with Gasteiger partial charge in [0.1, 0.15) is 18.0 Å². The summed E-state index contributed by atoms with van der Waals surface area (Å²) < 4.78 is 24.6. The minimum absolute atomic E-state index is 0.0225. The Morgan fingerprint density at radius 3 is 2.32 bits per heavy atom. The largest absolute Gasteiger partial charge is 0.490 e. The van der Waals surface area contributed by atoms with E-state index in [1.165, 1.54) is 42.5 Å². The first-order valence-corrected chi connectivity index (χ1v) is 11.2. The summed E-state index contributed by atoms with van der Waals surface area (Å²) in [5.74, 6) is -2.49. The number of carbonyl (C=O) groups is 4. The Kier molecular flexibility index (Phi) is 7.28. The van der Waals surface area contributed by atoms with E-state index in [4.69, 9.17) is 14.6 Å². The number of nitrogens with zero attached hydrogens (tertiary/aromatic N) is 1. The van der Waals surface area contributed by atoms with Gasteiger partial charge in [-0.2, -0.15) is 0 Å². The van der Waals surface area contributed by atoms with E-state index in [0.29, 0.717) is 23.7 Å². The Labute approximate surface area is 210 Å². The molecule has 0 atom stereocenters. The maximum absolute atomic E-state index is 13.1. The maximum atomic E-state index is 13.1. The molecule has 188 valence electrons. The van der Waals surface area contributed by atoms with Gasteiger partial charge in [0, 0.05) is 0 Å². The van der Waals surface area contributed by atoms with Crippen molar-refractivity contribution in [3.8, 4) is 11.5 Å². The second-order valence-electron chi connectivity index (χ2n) is 7.86. The number of halogens is 1. The molecule has 10 heteroatoms. The van der Waals surface area contributed by atoms with Crippen LogP contribution in [0.4, 0.5) is 14.9 Å². The van der Waals surface area contributed by atoms with Gasteiger partial charge in [-0.1, -0.05) is 18.2 Å². The first kappa shape index (κ1) is 25.1. The van der Waals surface area contributed by atoms with Crippen LogP contribution in [0.2, 0.25) is 0 Å². The van der Waals surface area contributed by atoms with E-state index in [9.17, 15) is 23.6 Å². The number of hydrogen-bond acceptors (Lipinski definition) is 6. The SMILES string of the molecule is CCOc1cc(/C=C2\C(=O)NC(=O)N(c3ccc(C(=O)O)cc3)C2=O)ccc1OCc1ccc(F)cc1. The third-order valence-corrected chi connectivity index (χ3v) is 5.36. The summed E-state index contributed by atoms with van der Waals surface area (Å²) in [4.78, 5) is 49.8. The van der Waals surface area contributed by atoms with Crippen molar-refractivity contribution in [1.29, 1.82) is 0 Å². The molecular formula is C27H21FN2O7. The van der Waals surface area contributed by atoms with Crippen LogP contribution in [-0.4, -0.2) is 35.5 Å². The van der Waals surface area contributed by atoms with Gasteiger partial charge in [-0.05, 0) is 72.7 Å². The number of carboxylic acid groups (broad SMARTS) is 1. The molecule has 2 N–H and O–H groups in total. The van der Waals surface area contributed by atoms with Crippen molar-refractivity contribution in [2.24, 2.45) is 0 Å². The summed E-state index contributed by atoms with van der Waals surface area (Å²) in [6, 6.07) is 14.8. The van der Waals surface area contributed by atoms with Crippen molar-refractivity contribution in [3.63, 3.8) is 0 Å². The molecule has 0 unspecified atom stereocenters. The molecule has 1 aliphatic heterocycles. The standard InChI is InChI=1S/C27H21FN2O7/c1-2-36-23-14-17(5-12-22(23)37-15-16-3-8-19(28)9-4-16)13-21-24(31)29-27(35)30(25(21)32)20-10-6-18(7-11-20)26(33)34/h3-14H,2,15H2,1H3,(H,33,34)(H,29,31,35)/b21-13+. The van der Waals surface area contributed by atoms with Crippen LogP contribution in [0.15, 0.2) is 72.3 Å². The normalized spacial score (nSPS) is 14.5.